The van der Waals surface area contributed by atoms with Crippen LogP contribution in [0.4, 0.5) is 0 Å². The van der Waals surface area contributed by atoms with Crippen molar-refractivity contribution in [2.45, 2.75) is 63.1 Å². The number of thioether (sulfide) groups is 1. The highest BCUT2D eigenvalue weighted by Crippen LogP contribution is 2.37. The normalized spacial score (nSPS) is 22.7. The molecule has 1 nitrogen and oxygen atoms in total. The van der Waals surface area contributed by atoms with Gasteiger partial charge in [0.15, 0.2) is 0 Å². The molecule has 1 aliphatic carbocycles. The van der Waals surface area contributed by atoms with Gasteiger partial charge < -0.3 is 5.32 Å². The van der Waals surface area contributed by atoms with Crippen LogP contribution in [0.1, 0.15) is 52.0 Å². The van der Waals surface area contributed by atoms with Gasteiger partial charge in [-0.25, -0.2) is 0 Å². The van der Waals surface area contributed by atoms with Gasteiger partial charge in [-0.05, 0) is 48.9 Å². The van der Waals surface area contributed by atoms with E-state index in [1.165, 1.54) is 36.1 Å². The fourth-order valence-corrected chi connectivity index (χ4v) is 4.66. The summed E-state index contributed by atoms with van der Waals surface area (Å²) in [4.78, 5) is 1.33. The first kappa shape index (κ1) is 17.2. The van der Waals surface area contributed by atoms with Crippen LogP contribution < -0.4 is 5.32 Å². The van der Waals surface area contributed by atoms with E-state index in [1.54, 1.807) is 0 Å². The van der Waals surface area contributed by atoms with Gasteiger partial charge in [0.1, 0.15) is 0 Å². The number of nitrogens with one attached hydrogen (secondary N) is 1. The summed E-state index contributed by atoms with van der Waals surface area (Å²) in [5.74, 6) is 1.55. The minimum Gasteiger partial charge on any atom is -0.312 e. The second kappa shape index (κ2) is 8.45. The number of hydrogen-bond acceptors (Lipinski definition) is 2. The summed E-state index contributed by atoms with van der Waals surface area (Å²) >= 11 is 8.45. The maximum atomic E-state index is 6.44. The molecule has 0 saturated heterocycles. The molecule has 0 spiro atoms. The van der Waals surface area contributed by atoms with Gasteiger partial charge >= 0.3 is 0 Å². The van der Waals surface area contributed by atoms with Crippen molar-refractivity contribution in [2.75, 3.05) is 6.54 Å². The molecule has 1 saturated carbocycles. The molecule has 1 aliphatic rings. The van der Waals surface area contributed by atoms with Crippen molar-refractivity contribution >= 4 is 23.4 Å². The molecule has 0 aliphatic heterocycles. The molecule has 0 heterocycles. The predicted molar refractivity (Wildman–Crippen MR) is 95.3 cm³/mol. The fourth-order valence-electron chi connectivity index (χ4n) is 2.92. The largest absolute Gasteiger partial charge is 0.312 e. The monoisotopic (exact) mass is 325 g/mol. The molecule has 1 aromatic rings. The second-order valence-corrected chi connectivity index (χ2v) is 8.57. The molecule has 0 amide bonds. The molecule has 2 atom stereocenters. The minimum absolute atomic E-state index is 0.673. The summed E-state index contributed by atoms with van der Waals surface area (Å²) in [5.41, 5.74) is 1.21. The number of halogens is 1. The Kier molecular flexibility index (Phi) is 6.91. The van der Waals surface area contributed by atoms with E-state index in [1.807, 2.05) is 11.8 Å². The maximum absolute atomic E-state index is 6.44. The lowest BCUT2D eigenvalue weighted by atomic mass is 9.91. The number of hydrogen-bond donors (Lipinski definition) is 1. The van der Waals surface area contributed by atoms with Crippen LogP contribution >= 0.6 is 23.4 Å². The Bertz CT molecular complexity index is 447. The van der Waals surface area contributed by atoms with Crippen molar-refractivity contribution in [1.82, 2.24) is 5.32 Å². The van der Waals surface area contributed by atoms with Crippen LogP contribution in [0.3, 0.4) is 0 Å². The van der Waals surface area contributed by atoms with E-state index in [4.69, 9.17) is 11.6 Å². The van der Waals surface area contributed by atoms with Crippen LogP contribution in [-0.4, -0.2) is 11.8 Å². The molecule has 3 heteroatoms. The molecular formula is C18H28ClNS. The summed E-state index contributed by atoms with van der Waals surface area (Å²) in [6, 6.07) is 6.57. The van der Waals surface area contributed by atoms with E-state index in [2.05, 4.69) is 44.3 Å². The smallest absolute Gasteiger partial charge is 0.0462 e. The molecule has 1 fully saturated rings. The molecule has 2 unspecified atom stereocenters. The topological polar surface area (TPSA) is 12.0 Å². The molecule has 21 heavy (non-hydrogen) atoms. The van der Waals surface area contributed by atoms with Crippen LogP contribution in [0.5, 0.6) is 0 Å². The van der Waals surface area contributed by atoms with Crippen molar-refractivity contribution in [3.63, 3.8) is 0 Å². The summed E-state index contributed by atoms with van der Waals surface area (Å²) in [7, 11) is 0. The van der Waals surface area contributed by atoms with E-state index in [0.717, 1.165) is 29.3 Å². The quantitative estimate of drug-likeness (QED) is 0.714. The Morgan fingerprint density at radius 1 is 1.33 bits per heavy atom. The van der Waals surface area contributed by atoms with E-state index < -0.39 is 0 Å². The third kappa shape index (κ3) is 5.84. The Balaban J connectivity index is 1.89. The molecule has 1 aromatic carbocycles. The highest BCUT2D eigenvalue weighted by atomic mass is 35.5. The first-order valence-electron chi connectivity index (χ1n) is 8.20. The van der Waals surface area contributed by atoms with Crippen molar-refractivity contribution in [2.24, 2.45) is 11.8 Å². The van der Waals surface area contributed by atoms with Crippen molar-refractivity contribution < 1.29 is 0 Å². The predicted octanol–water partition coefficient (Wildman–Crippen LogP) is 5.76. The minimum atomic E-state index is 0.673. The highest BCUT2D eigenvalue weighted by molar-refractivity contribution is 8.00. The zero-order valence-electron chi connectivity index (χ0n) is 13.5. The third-order valence-electron chi connectivity index (χ3n) is 4.08. The Morgan fingerprint density at radius 3 is 2.81 bits per heavy atom. The number of rotatable bonds is 6. The zero-order chi connectivity index (χ0) is 15.2. The van der Waals surface area contributed by atoms with Gasteiger partial charge in [-0.3, -0.25) is 0 Å². The average molecular weight is 326 g/mol. The summed E-state index contributed by atoms with van der Waals surface area (Å²) in [6.45, 7) is 8.72. The summed E-state index contributed by atoms with van der Waals surface area (Å²) < 4.78 is 0. The average Bonchev–Trinajstić information content (AvgIpc) is 2.41. The molecule has 1 N–H and O–H groups in total. The van der Waals surface area contributed by atoms with E-state index in [0.29, 0.717) is 5.92 Å². The van der Waals surface area contributed by atoms with Gasteiger partial charge in [0.25, 0.3) is 0 Å². The van der Waals surface area contributed by atoms with Gasteiger partial charge in [0.2, 0.25) is 0 Å². The van der Waals surface area contributed by atoms with Crippen molar-refractivity contribution in [1.29, 1.82) is 0 Å². The maximum Gasteiger partial charge on any atom is 0.0462 e. The van der Waals surface area contributed by atoms with Crippen LogP contribution in [0.25, 0.3) is 0 Å². The lowest BCUT2D eigenvalue weighted by Gasteiger charge is -2.26. The summed E-state index contributed by atoms with van der Waals surface area (Å²) in [5, 5.41) is 5.13. The van der Waals surface area contributed by atoms with Crippen molar-refractivity contribution in [3.05, 3.63) is 28.8 Å². The second-order valence-electron chi connectivity index (χ2n) is 6.79. The number of benzene rings is 1. The summed E-state index contributed by atoms with van der Waals surface area (Å²) in [6.07, 6.45) is 5.48. The molecule has 0 radical (unpaired) electrons. The first-order valence-corrected chi connectivity index (χ1v) is 9.46. The molecule has 0 bridgehead atoms. The SMILES string of the molecule is CC(C)CNCc1ccc(SC2CCCC(C)C2)cc1Cl. The molecule has 2 rings (SSSR count). The first-order chi connectivity index (χ1) is 10.0. The van der Waals surface area contributed by atoms with Crippen LogP contribution in [-0.2, 0) is 6.54 Å². The lowest BCUT2D eigenvalue weighted by Crippen LogP contribution is -2.19. The van der Waals surface area contributed by atoms with Crippen LogP contribution in [0.15, 0.2) is 23.1 Å². The van der Waals surface area contributed by atoms with Gasteiger partial charge in [-0.1, -0.05) is 51.3 Å². The van der Waals surface area contributed by atoms with Gasteiger partial charge in [-0.2, -0.15) is 0 Å². The fraction of sp³-hybridized carbons (Fsp3) is 0.667. The van der Waals surface area contributed by atoms with E-state index in [9.17, 15) is 0 Å². The van der Waals surface area contributed by atoms with Crippen LogP contribution in [0.2, 0.25) is 5.02 Å². The van der Waals surface area contributed by atoms with E-state index in [-0.39, 0.29) is 0 Å². The zero-order valence-corrected chi connectivity index (χ0v) is 15.1. The highest BCUT2D eigenvalue weighted by Gasteiger charge is 2.19. The standard InChI is InChI=1S/C18H28ClNS/c1-13(2)11-20-12-15-7-8-17(10-18(15)19)21-16-6-4-5-14(3)9-16/h7-8,10,13-14,16,20H,4-6,9,11-12H2,1-3H3. The third-order valence-corrected chi connectivity index (χ3v) is 5.72. The van der Waals surface area contributed by atoms with Gasteiger partial charge in [0, 0.05) is 21.7 Å². The van der Waals surface area contributed by atoms with Gasteiger partial charge in [0.05, 0.1) is 0 Å². The van der Waals surface area contributed by atoms with Crippen LogP contribution in [0, 0.1) is 11.8 Å². The molecule has 118 valence electrons. The van der Waals surface area contributed by atoms with Gasteiger partial charge in [-0.15, -0.1) is 11.8 Å². The Morgan fingerprint density at radius 2 is 2.14 bits per heavy atom. The Labute approximate surface area is 139 Å². The van der Waals surface area contributed by atoms with Crippen molar-refractivity contribution in [3.8, 4) is 0 Å². The lowest BCUT2D eigenvalue weighted by molar-refractivity contribution is 0.394. The molecular weight excluding hydrogens is 298 g/mol. The van der Waals surface area contributed by atoms with E-state index >= 15 is 0 Å². The molecule has 0 aromatic heterocycles. The Hall–Kier alpha value is -0.180.